The van der Waals surface area contributed by atoms with Crippen molar-refractivity contribution in [2.24, 2.45) is 0 Å². The molecule has 0 spiro atoms. The van der Waals surface area contributed by atoms with Crippen LogP contribution < -0.4 is 15.9 Å². The summed E-state index contributed by atoms with van der Waals surface area (Å²) < 4.78 is 21.3. The monoisotopic (exact) mass is 1080 g/mol. The minimum atomic E-state index is -3.37. The molecule has 82 heavy (non-hydrogen) atoms. The molecule has 2 aromatic heterocycles. The van der Waals surface area contributed by atoms with Gasteiger partial charge in [-0.15, -0.1) is 11.3 Å². The summed E-state index contributed by atoms with van der Waals surface area (Å²) in [5.74, 6) is 0. The predicted molar refractivity (Wildman–Crippen MR) is 351 cm³/mol. The second-order valence-corrected chi connectivity index (χ2v) is 24.9. The number of rotatable bonds is 11. The second kappa shape index (κ2) is 20.6. The fourth-order valence-corrected chi connectivity index (χ4v) is 16.0. The summed E-state index contributed by atoms with van der Waals surface area (Å²) in [5, 5.41) is 7.13. The summed E-state index contributed by atoms with van der Waals surface area (Å²) in [6.45, 7) is 0. The molecule has 13 aromatic carbocycles. The fraction of sp³-hybridized carbons (Fsp3) is 0. The highest BCUT2D eigenvalue weighted by Gasteiger charge is 2.31. The van der Waals surface area contributed by atoms with Gasteiger partial charge in [-0.2, -0.15) is 0 Å². The maximum absolute atomic E-state index is 16.3. The van der Waals surface area contributed by atoms with E-state index in [4.69, 9.17) is 0 Å². The van der Waals surface area contributed by atoms with Gasteiger partial charge in [-0.25, -0.2) is 0 Å². The molecule has 1 unspecified atom stereocenters. The molecule has 0 saturated carbocycles. The molecule has 386 valence electrons. The van der Waals surface area contributed by atoms with E-state index in [1.54, 1.807) is 0 Å². The standard InChI is InChI=1S/C78H52NOPS/c80-81(62-25-8-3-9-26-62,63-43-39-55(40-44-63)54-35-37-57(38-36-54)66-28-11-13-30-68(66)70-32-15-14-31-69(70)67-29-12-10-27-65(67)56-21-6-2-7-22-56)64-45-46-76-72(52-64)71-33-16-17-34-75(71)79(76)61-24-18-23-58(49-61)60-42-48-78-74(51-60)73-50-59(41-47-77(73)82-78)53-19-4-1-5-20-53/h1-52H. The number of hydrogen-bond acceptors (Lipinski definition) is 2. The van der Waals surface area contributed by atoms with E-state index in [2.05, 4.69) is 290 Å². The number of nitrogens with zero attached hydrogens (tertiary/aromatic N) is 1. The minimum Gasteiger partial charge on any atom is -0.309 e. The molecule has 0 fully saturated rings. The van der Waals surface area contributed by atoms with Crippen molar-refractivity contribution in [1.82, 2.24) is 4.57 Å². The van der Waals surface area contributed by atoms with Crippen LogP contribution >= 0.6 is 18.5 Å². The zero-order valence-corrected chi connectivity index (χ0v) is 46.4. The highest BCUT2D eigenvalue weighted by molar-refractivity contribution is 7.85. The van der Waals surface area contributed by atoms with Gasteiger partial charge >= 0.3 is 0 Å². The lowest BCUT2D eigenvalue weighted by Gasteiger charge is -2.21. The normalized spacial score (nSPS) is 12.3. The van der Waals surface area contributed by atoms with E-state index in [1.807, 2.05) is 41.7 Å². The molecule has 4 heteroatoms. The molecule has 15 rings (SSSR count). The van der Waals surface area contributed by atoms with Crippen molar-refractivity contribution in [3.05, 3.63) is 315 Å². The highest BCUT2D eigenvalue weighted by atomic mass is 32.1. The van der Waals surface area contributed by atoms with Crippen molar-refractivity contribution in [3.8, 4) is 83.6 Å². The molecule has 0 N–H and O–H groups in total. The number of para-hydroxylation sites is 1. The Labute approximate surface area is 481 Å². The lowest BCUT2D eigenvalue weighted by Crippen LogP contribution is -2.25. The first-order valence-electron chi connectivity index (χ1n) is 27.9. The van der Waals surface area contributed by atoms with Crippen molar-refractivity contribution in [3.63, 3.8) is 0 Å². The van der Waals surface area contributed by atoms with Crippen LogP contribution in [0.1, 0.15) is 0 Å². The van der Waals surface area contributed by atoms with Crippen molar-refractivity contribution in [2.75, 3.05) is 0 Å². The predicted octanol–water partition coefficient (Wildman–Crippen LogP) is 20.5. The van der Waals surface area contributed by atoms with Crippen LogP contribution in [-0.4, -0.2) is 4.57 Å². The third kappa shape index (κ3) is 8.62. The van der Waals surface area contributed by atoms with Crippen LogP contribution in [-0.2, 0) is 4.57 Å². The van der Waals surface area contributed by atoms with E-state index in [1.165, 1.54) is 75.8 Å². The molecule has 15 aromatic rings. The average Bonchev–Trinajstić information content (AvgIpc) is 4.12. The van der Waals surface area contributed by atoms with Gasteiger partial charge in [0.05, 0.1) is 11.0 Å². The Morgan fingerprint density at radius 2 is 0.634 bits per heavy atom. The molecule has 0 aliphatic rings. The Balaban J connectivity index is 0.759. The Kier molecular flexibility index (Phi) is 12.4. The van der Waals surface area contributed by atoms with Gasteiger partial charge in [0.2, 0.25) is 0 Å². The van der Waals surface area contributed by atoms with Crippen molar-refractivity contribution in [1.29, 1.82) is 0 Å². The summed E-state index contributed by atoms with van der Waals surface area (Å²) in [6, 6.07) is 112. The number of hydrogen-bond donors (Lipinski definition) is 0. The van der Waals surface area contributed by atoms with Gasteiger partial charge in [0.1, 0.15) is 0 Å². The van der Waals surface area contributed by atoms with E-state index in [0.29, 0.717) is 0 Å². The lowest BCUT2D eigenvalue weighted by molar-refractivity contribution is 0.592. The molecule has 0 amide bonds. The summed E-state index contributed by atoms with van der Waals surface area (Å²) in [5.41, 5.74) is 19.7. The zero-order chi connectivity index (χ0) is 54.6. The van der Waals surface area contributed by atoms with Gasteiger partial charge in [0.15, 0.2) is 7.14 Å². The van der Waals surface area contributed by atoms with Gasteiger partial charge in [0, 0.05) is 52.5 Å². The third-order valence-corrected chi connectivity index (χ3v) is 20.6. The number of fused-ring (bicyclic) bond motifs is 6. The zero-order valence-electron chi connectivity index (χ0n) is 44.7. The quantitative estimate of drug-likeness (QED) is 0.118. The molecule has 0 saturated heterocycles. The molecule has 0 aliphatic carbocycles. The van der Waals surface area contributed by atoms with E-state index in [9.17, 15) is 0 Å². The molecular formula is C78H52NOPS. The number of benzene rings is 13. The van der Waals surface area contributed by atoms with Crippen LogP contribution in [0.2, 0.25) is 0 Å². The van der Waals surface area contributed by atoms with Crippen LogP contribution in [0.25, 0.3) is 126 Å². The van der Waals surface area contributed by atoms with E-state index >= 15 is 4.57 Å². The van der Waals surface area contributed by atoms with E-state index in [0.717, 1.165) is 65.7 Å². The Bertz CT molecular complexity index is 4930. The molecular weight excluding hydrogens is 1030 g/mol. The van der Waals surface area contributed by atoms with E-state index < -0.39 is 7.14 Å². The van der Waals surface area contributed by atoms with Gasteiger partial charge in [0.25, 0.3) is 0 Å². The first-order chi connectivity index (χ1) is 40.5. The molecule has 0 radical (unpaired) electrons. The number of aromatic nitrogens is 1. The van der Waals surface area contributed by atoms with Gasteiger partial charge in [-0.3, -0.25) is 0 Å². The van der Waals surface area contributed by atoms with Crippen LogP contribution in [0.4, 0.5) is 0 Å². The maximum atomic E-state index is 16.3. The molecule has 0 bridgehead atoms. The molecule has 2 heterocycles. The number of thiophene rings is 1. The first kappa shape index (κ1) is 49.2. The SMILES string of the molecule is O=P(c1ccccc1)(c1ccc(-c2ccc(-c3ccccc3-c3ccccc3-c3ccccc3-c3ccccc3)cc2)cc1)c1ccc2c(c1)c1ccccc1n2-c1cccc(-c2ccc3sc4ccc(-c5ccccc5)cc4c3c2)c1. The molecule has 0 aliphatic heterocycles. The summed E-state index contributed by atoms with van der Waals surface area (Å²) in [7, 11) is -3.37. The van der Waals surface area contributed by atoms with E-state index in [-0.39, 0.29) is 0 Å². The molecule has 2 nitrogen and oxygen atoms in total. The van der Waals surface area contributed by atoms with Crippen molar-refractivity contribution in [2.45, 2.75) is 0 Å². The second-order valence-electron chi connectivity index (χ2n) is 21.1. The van der Waals surface area contributed by atoms with Gasteiger partial charge in [-0.1, -0.05) is 255 Å². The van der Waals surface area contributed by atoms with Gasteiger partial charge < -0.3 is 9.13 Å². The highest BCUT2D eigenvalue weighted by Crippen LogP contribution is 2.46. The maximum Gasteiger partial charge on any atom is 0.171 e. The van der Waals surface area contributed by atoms with Crippen molar-refractivity contribution >= 4 is 76.4 Å². The third-order valence-electron chi connectivity index (χ3n) is 16.4. The summed E-state index contributed by atoms with van der Waals surface area (Å²) in [4.78, 5) is 0. The van der Waals surface area contributed by atoms with Crippen LogP contribution in [0.5, 0.6) is 0 Å². The van der Waals surface area contributed by atoms with Crippen LogP contribution in [0, 0.1) is 0 Å². The Morgan fingerprint density at radius 3 is 1.24 bits per heavy atom. The minimum absolute atomic E-state index is 0.794. The average molecular weight is 1080 g/mol. The lowest BCUT2D eigenvalue weighted by atomic mass is 9.86. The Morgan fingerprint density at radius 1 is 0.244 bits per heavy atom. The topological polar surface area (TPSA) is 22.0 Å². The smallest absolute Gasteiger partial charge is 0.171 e. The van der Waals surface area contributed by atoms with Crippen LogP contribution in [0.3, 0.4) is 0 Å². The first-order valence-corrected chi connectivity index (χ1v) is 30.4. The van der Waals surface area contributed by atoms with Crippen LogP contribution in [0.15, 0.2) is 315 Å². The summed E-state index contributed by atoms with van der Waals surface area (Å²) >= 11 is 1.85. The van der Waals surface area contributed by atoms with Gasteiger partial charge in [-0.05, 0) is 139 Å². The Hall–Kier alpha value is -9.89. The fourth-order valence-electron chi connectivity index (χ4n) is 12.3. The largest absolute Gasteiger partial charge is 0.309 e. The molecule has 1 atom stereocenters. The summed E-state index contributed by atoms with van der Waals surface area (Å²) in [6.07, 6.45) is 0. The van der Waals surface area contributed by atoms with Crippen molar-refractivity contribution < 1.29 is 4.57 Å².